The molecule has 1 N–H and O–H groups in total. The van der Waals surface area contributed by atoms with Gasteiger partial charge >= 0.3 is 5.97 Å². The first-order chi connectivity index (χ1) is 7.54. The topological polar surface area (TPSA) is 96.5 Å². The minimum absolute atomic E-state index is 0.104. The average molecular weight is 227 g/mol. The van der Waals surface area contributed by atoms with Crippen LogP contribution in [0.2, 0.25) is 0 Å². The van der Waals surface area contributed by atoms with E-state index in [1.54, 1.807) is 6.92 Å². The van der Waals surface area contributed by atoms with E-state index in [1.165, 1.54) is 4.90 Å². The minimum atomic E-state index is -1.07. The van der Waals surface area contributed by atoms with Crippen molar-refractivity contribution in [3.8, 4) is 0 Å². The fraction of sp³-hybridized carbons (Fsp3) is 0.556. The van der Waals surface area contributed by atoms with Crippen LogP contribution in [-0.2, 0) is 4.79 Å². The first-order valence-corrected chi connectivity index (χ1v) is 4.86. The number of aryl methyl sites for hydroxylation is 1. The van der Waals surface area contributed by atoms with Gasteiger partial charge in [-0.1, -0.05) is 12.1 Å². The molecule has 1 aromatic heterocycles. The first kappa shape index (κ1) is 12.2. The third-order valence-electron chi connectivity index (χ3n) is 1.83. The first-order valence-electron chi connectivity index (χ1n) is 4.86. The summed E-state index contributed by atoms with van der Waals surface area (Å²) in [6.45, 7) is 3.40. The van der Waals surface area contributed by atoms with Gasteiger partial charge < -0.3 is 14.5 Å². The Hall–Kier alpha value is -1.92. The molecule has 1 amide bonds. The molecule has 0 aliphatic rings. The zero-order chi connectivity index (χ0) is 12.1. The number of rotatable bonds is 5. The zero-order valence-corrected chi connectivity index (χ0v) is 9.13. The molecule has 16 heavy (non-hydrogen) atoms. The standard InChI is InChI=1S/C9H13N3O4/c1-3-4-12(5-7(13)14)9(15)8-10-6(2)16-11-8/h3-5H2,1-2H3,(H,13,14). The Morgan fingerprint density at radius 3 is 2.62 bits per heavy atom. The molecule has 0 atom stereocenters. The van der Waals surface area contributed by atoms with E-state index in [9.17, 15) is 9.59 Å². The summed E-state index contributed by atoms with van der Waals surface area (Å²) in [5.41, 5.74) is 0. The van der Waals surface area contributed by atoms with Crippen LogP contribution in [-0.4, -0.2) is 45.1 Å². The summed E-state index contributed by atoms with van der Waals surface area (Å²) in [5, 5.41) is 12.1. The van der Waals surface area contributed by atoms with Gasteiger partial charge in [-0.2, -0.15) is 4.98 Å². The lowest BCUT2D eigenvalue weighted by molar-refractivity contribution is -0.137. The van der Waals surface area contributed by atoms with Crippen molar-refractivity contribution < 1.29 is 19.2 Å². The second-order valence-electron chi connectivity index (χ2n) is 3.26. The molecule has 0 aliphatic heterocycles. The Balaban J connectivity index is 2.78. The van der Waals surface area contributed by atoms with Crippen molar-refractivity contribution in [3.05, 3.63) is 11.7 Å². The lowest BCUT2D eigenvalue weighted by atomic mass is 10.3. The molecule has 0 radical (unpaired) electrons. The van der Waals surface area contributed by atoms with Crippen molar-refractivity contribution in [3.63, 3.8) is 0 Å². The lowest BCUT2D eigenvalue weighted by Crippen LogP contribution is -2.36. The van der Waals surface area contributed by atoms with E-state index in [1.807, 2.05) is 6.92 Å². The molecule has 0 saturated heterocycles. The highest BCUT2D eigenvalue weighted by Gasteiger charge is 2.22. The number of carboxylic acids is 1. The highest BCUT2D eigenvalue weighted by Crippen LogP contribution is 2.02. The normalized spacial score (nSPS) is 10.1. The average Bonchev–Trinajstić information content (AvgIpc) is 2.62. The van der Waals surface area contributed by atoms with Gasteiger partial charge in [0.25, 0.3) is 11.7 Å². The number of amides is 1. The maximum atomic E-state index is 11.8. The molecule has 0 spiro atoms. The quantitative estimate of drug-likeness (QED) is 0.777. The third kappa shape index (κ3) is 3.04. The van der Waals surface area contributed by atoms with Crippen LogP contribution in [0.5, 0.6) is 0 Å². The Bertz CT molecular complexity index is 388. The summed E-state index contributed by atoms with van der Waals surface area (Å²) in [7, 11) is 0. The number of carboxylic acid groups (broad SMARTS) is 1. The summed E-state index contributed by atoms with van der Waals surface area (Å²) in [4.78, 5) is 27.3. The predicted octanol–water partition coefficient (Wildman–Crippen LogP) is 0.315. The molecule has 1 heterocycles. The van der Waals surface area contributed by atoms with Crippen LogP contribution in [0.3, 0.4) is 0 Å². The van der Waals surface area contributed by atoms with Crippen LogP contribution in [0.1, 0.15) is 29.9 Å². The van der Waals surface area contributed by atoms with Crippen LogP contribution in [0.25, 0.3) is 0 Å². The summed E-state index contributed by atoms with van der Waals surface area (Å²) >= 11 is 0. The number of hydrogen-bond donors (Lipinski definition) is 1. The smallest absolute Gasteiger partial charge is 0.323 e. The lowest BCUT2D eigenvalue weighted by Gasteiger charge is -2.17. The number of aliphatic carboxylic acids is 1. The molecular weight excluding hydrogens is 214 g/mol. The molecule has 7 nitrogen and oxygen atoms in total. The second kappa shape index (κ2) is 5.24. The Morgan fingerprint density at radius 2 is 2.19 bits per heavy atom. The molecule has 0 unspecified atom stereocenters. The molecule has 1 rings (SSSR count). The number of aromatic nitrogens is 2. The van der Waals surface area contributed by atoms with E-state index in [0.717, 1.165) is 0 Å². The van der Waals surface area contributed by atoms with E-state index >= 15 is 0 Å². The number of carbonyl (C=O) groups is 2. The van der Waals surface area contributed by atoms with Gasteiger partial charge in [-0.05, 0) is 6.42 Å². The van der Waals surface area contributed by atoms with Crippen LogP contribution in [0, 0.1) is 6.92 Å². The Morgan fingerprint density at radius 1 is 1.50 bits per heavy atom. The van der Waals surface area contributed by atoms with Gasteiger partial charge in [0.2, 0.25) is 5.89 Å². The van der Waals surface area contributed by atoms with Crippen molar-refractivity contribution in [2.75, 3.05) is 13.1 Å². The van der Waals surface area contributed by atoms with Gasteiger partial charge in [0.1, 0.15) is 6.54 Å². The molecule has 0 aromatic carbocycles. The number of nitrogens with zero attached hydrogens (tertiary/aromatic N) is 3. The Kier molecular flexibility index (Phi) is 3.98. The molecule has 0 bridgehead atoms. The van der Waals surface area contributed by atoms with Crippen molar-refractivity contribution in [2.24, 2.45) is 0 Å². The van der Waals surface area contributed by atoms with Gasteiger partial charge in [0.05, 0.1) is 0 Å². The fourth-order valence-corrected chi connectivity index (χ4v) is 1.21. The highest BCUT2D eigenvalue weighted by atomic mass is 16.5. The fourth-order valence-electron chi connectivity index (χ4n) is 1.21. The molecule has 88 valence electrons. The van der Waals surface area contributed by atoms with Crippen molar-refractivity contribution in [2.45, 2.75) is 20.3 Å². The maximum absolute atomic E-state index is 11.8. The van der Waals surface area contributed by atoms with Crippen molar-refractivity contribution in [1.82, 2.24) is 15.0 Å². The molecule has 7 heteroatoms. The van der Waals surface area contributed by atoms with E-state index < -0.39 is 11.9 Å². The Labute approximate surface area is 92.0 Å². The van der Waals surface area contributed by atoms with Gasteiger partial charge in [-0.15, -0.1) is 0 Å². The molecule has 1 aromatic rings. The SMILES string of the molecule is CCCN(CC(=O)O)C(=O)c1noc(C)n1. The van der Waals surface area contributed by atoms with Gasteiger partial charge in [0.15, 0.2) is 0 Å². The second-order valence-corrected chi connectivity index (χ2v) is 3.26. The number of carbonyl (C=O) groups excluding carboxylic acids is 1. The minimum Gasteiger partial charge on any atom is -0.480 e. The van der Waals surface area contributed by atoms with E-state index in [-0.39, 0.29) is 18.3 Å². The van der Waals surface area contributed by atoms with Gasteiger partial charge in [-0.25, -0.2) is 0 Å². The van der Waals surface area contributed by atoms with E-state index in [0.29, 0.717) is 13.0 Å². The molecular formula is C9H13N3O4. The largest absolute Gasteiger partial charge is 0.480 e. The van der Waals surface area contributed by atoms with Crippen LogP contribution >= 0.6 is 0 Å². The van der Waals surface area contributed by atoms with Gasteiger partial charge in [0, 0.05) is 13.5 Å². The van der Waals surface area contributed by atoms with Crippen LogP contribution < -0.4 is 0 Å². The molecule has 0 fully saturated rings. The van der Waals surface area contributed by atoms with Crippen molar-refractivity contribution >= 4 is 11.9 Å². The number of hydrogen-bond acceptors (Lipinski definition) is 5. The maximum Gasteiger partial charge on any atom is 0.323 e. The van der Waals surface area contributed by atoms with E-state index in [2.05, 4.69) is 14.7 Å². The van der Waals surface area contributed by atoms with Crippen LogP contribution in [0.15, 0.2) is 4.52 Å². The van der Waals surface area contributed by atoms with E-state index in [4.69, 9.17) is 5.11 Å². The van der Waals surface area contributed by atoms with Crippen molar-refractivity contribution in [1.29, 1.82) is 0 Å². The monoisotopic (exact) mass is 227 g/mol. The zero-order valence-electron chi connectivity index (χ0n) is 9.13. The summed E-state index contributed by atoms with van der Waals surface area (Å²) in [5.74, 6) is -1.43. The van der Waals surface area contributed by atoms with Crippen LogP contribution in [0.4, 0.5) is 0 Å². The highest BCUT2D eigenvalue weighted by molar-refractivity contribution is 5.92. The molecule has 0 aliphatic carbocycles. The summed E-state index contributed by atoms with van der Waals surface area (Å²) in [6, 6.07) is 0. The predicted molar refractivity (Wildman–Crippen MR) is 52.9 cm³/mol. The third-order valence-corrected chi connectivity index (χ3v) is 1.83. The summed E-state index contributed by atoms with van der Waals surface area (Å²) in [6.07, 6.45) is 0.663. The van der Waals surface area contributed by atoms with Gasteiger partial charge in [-0.3, -0.25) is 9.59 Å². The molecule has 0 saturated carbocycles. The summed E-state index contributed by atoms with van der Waals surface area (Å²) < 4.78 is 4.66.